The molecule has 0 unspecified atom stereocenters. The molecular weight excluding hydrogens is 455 g/mol. The molecule has 3 nitrogen and oxygen atoms in total. The minimum atomic E-state index is -4.54. The van der Waals surface area contributed by atoms with Crippen LogP contribution in [0.1, 0.15) is 24.0 Å². The van der Waals surface area contributed by atoms with Crippen LogP contribution in [0, 0.1) is 0 Å². The summed E-state index contributed by atoms with van der Waals surface area (Å²) in [5.41, 5.74) is 1.65. The Bertz CT molecular complexity index is 1010. The van der Waals surface area contributed by atoms with E-state index in [9.17, 15) is 13.2 Å². The van der Waals surface area contributed by atoms with Crippen molar-refractivity contribution >= 4 is 33.3 Å². The Morgan fingerprint density at radius 1 is 1.07 bits per heavy atom. The van der Waals surface area contributed by atoms with Crippen molar-refractivity contribution in [2.45, 2.75) is 25.4 Å². The largest absolute Gasteiger partial charge is 0.418 e. The molecule has 4 rings (SSSR count). The number of benzene rings is 2. The van der Waals surface area contributed by atoms with Crippen molar-refractivity contribution in [1.29, 1.82) is 0 Å². The molecule has 8 heteroatoms. The van der Waals surface area contributed by atoms with Crippen LogP contribution in [0.5, 0.6) is 0 Å². The van der Waals surface area contributed by atoms with Crippen molar-refractivity contribution in [2.75, 3.05) is 11.9 Å². The first kappa shape index (κ1) is 19.3. The van der Waals surface area contributed by atoms with Gasteiger partial charge in [-0.25, -0.2) is 4.68 Å². The van der Waals surface area contributed by atoms with Gasteiger partial charge >= 0.3 is 6.18 Å². The minimum absolute atomic E-state index is 0.0362. The molecule has 1 N–H and O–H groups in total. The highest BCUT2D eigenvalue weighted by molar-refractivity contribution is 9.10. The van der Waals surface area contributed by atoms with Crippen LogP contribution in [0.4, 0.5) is 19.0 Å². The number of nitrogens with one attached hydrogen (secondary N) is 1. The molecule has 1 aliphatic heterocycles. The molecule has 0 saturated heterocycles. The van der Waals surface area contributed by atoms with Gasteiger partial charge in [0.25, 0.3) is 0 Å². The van der Waals surface area contributed by atoms with Crippen molar-refractivity contribution in [3.63, 3.8) is 0 Å². The lowest BCUT2D eigenvalue weighted by atomic mass is 10.0. The average Bonchev–Trinajstić information content (AvgIpc) is 2.83. The number of fused-ring (bicyclic) bond motifs is 1. The minimum Gasteiger partial charge on any atom is -0.370 e. The highest BCUT2D eigenvalue weighted by Gasteiger charge is 2.36. The molecular formula is C20H16BrClF3N3. The fraction of sp³-hybridized carbons (Fsp3) is 0.250. The van der Waals surface area contributed by atoms with Crippen molar-refractivity contribution in [2.24, 2.45) is 0 Å². The van der Waals surface area contributed by atoms with E-state index in [0.29, 0.717) is 18.1 Å². The number of nitrogens with zero attached hydrogens (tertiary/aromatic N) is 2. The van der Waals surface area contributed by atoms with Gasteiger partial charge in [-0.15, -0.1) is 0 Å². The van der Waals surface area contributed by atoms with Crippen molar-refractivity contribution in [3.8, 4) is 16.9 Å². The van der Waals surface area contributed by atoms with Crippen LogP contribution in [-0.2, 0) is 12.6 Å². The topological polar surface area (TPSA) is 29.9 Å². The number of aromatic nitrogens is 2. The van der Waals surface area contributed by atoms with Gasteiger partial charge in [0, 0.05) is 27.2 Å². The third-order valence-electron chi connectivity index (χ3n) is 4.74. The molecule has 0 atom stereocenters. The van der Waals surface area contributed by atoms with Gasteiger partial charge in [-0.1, -0.05) is 39.7 Å². The number of hydrogen-bond donors (Lipinski definition) is 1. The molecule has 0 bridgehead atoms. The third-order valence-corrected chi connectivity index (χ3v) is 5.50. The van der Waals surface area contributed by atoms with E-state index in [1.54, 1.807) is 0 Å². The first-order chi connectivity index (χ1) is 13.3. The van der Waals surface area contributed by atoms with Crippen molar-refractivity contribution < 1.29 is 13.2 Å². The van der Waals surface area contributed by atoms with E-state index in [0.717, 1.165) is 40.9 Å². The highest BCUT2D eigenvalue weighted by atomic mass is 79.9. The maximum atomic E-state index is 13.7. The van der Waals surface area contributed by atoms with Gasteiger partial charge in [0.2, 0.25) is 0 Å². The lowest BCUT2D eigenvalue weighted by molar-refractivity contribution is -0.137. The molecule has 1 aliphatic rings. The first-order valence-electron chi connectivity index (χ1n) is 8.83. The lowest BCUT2D eigenvalue weighted by Crippen LogP contribution is -2.14. The molecule has 0 amide bonds. The van der Waals surface area contributed by atoms with Gasteiger partial charge in [-0.2, -0.15) is 18.3 Å². The summed E-state index contributed by atoms with van der Waals surface area (Å²) in [5, 5.41) is 7.92. The Balaban J connectivity index is 1.95. The monoisotopic (exact) mass is 469 g/mol. The summed E-state index contributed by atoms with van der Waals surface area (Å²) in [7, 11) is 0. The molecule has 146 valence electrons. The van der Waals surface area contributed by atoms with E-state index in [4.69, 9.17) is 11.6 Å². The van der Waals surface area contributed by atoms with Gasteiger partial charge < -0.3 is 5.32 Å². The summed E-state index contributed by atoms with van der Waals surface area (Å²) >= 11 is 9.26. The molecule has 0 radical (unpaired) electrons. The summed E-state index contributed by atoms with van der Waals surface area (Å²) in [6.45, 7) is 0.688. The van der Waals surface area contributed by atoms with Gasteiger partial charge in [0.05, 0.1) is 16.9 Å². The van der Waals surface area contributed by atoms with Crippen LogP contribution in [0.15, 0.2) is 46.9 Å². The molecule has 1 aromatic heterocycles. The Morgan fingerprint density at radius 3 is 2.54 bits per heavy atom. The summed E-state index contributed by atoms with van der Waals surface area (Å²) in [4.78, 5) is 0. The maximum absolute atomic E-state index is 13.7. The predicted molar refractivity (Wildman–Crippen MR) is 108 cm³/mol. The first-order valence-corrected chi connectivity index (χ1v) is 10.0. The van der Waals surface area contributed by atoms with Crippen LogP contribution in [0.3, 0.4) is 0 Å². The standard InChI is InChI=1S/C20H16BrClF3N3/c21-13-6-4-12(5-7-13)18-15-3-1-2-10-26-19(15)28(27-18)17-9-8-14(22)11-16(17)20(23,24)25/h4-9,11,26H,1-3,10H2. The zero-order chi connectivity index (χ0) is 19.9. The molecule has 0 saturated carbocycles. The zero-order valence-corrected chi connectivity index (χ0v) is 17.0. The van der Waals surface area contributed by atoms with Crippen LogP contribution >= 0.6 is 27.5 Å². The molecule has 28 heavy (non-hydrogen) atoms. The second kappa shape index (κ2) is 7.44. The predicted octanol–water partition coefficient (Wildman–Crippen LogP) is 6.72. The van der Waals surface area contributed by atoms with E-state index >= 15 is 0 Å². The van der Waals surface area contributed by atoms with Gasteiger partial charge in [0.15, 0.2) is 0 Å². The van der Waals surface area contributed by atoms with Crippen LogP contribution in [0.2, 0.25) is 5.02 Å². The quantitative estimate of drug-likeness (QED) is 0.450. The number of halogens is 5. The van der Waals surface area contributed by atoms with E-state index in [2.05, 4.69) is 26.3 Å². The normalized spacial score (nSPS) is 14.3. The van der Waals surface area contributed by atoms with Gasteiger partial charge in [0.1, 0.15) is 5.82 Å². The van der Waals surface area contributed by atoms with Crippen molar-refractivity contribution in [1.82, 2.24) is 9.78 Å². The second-order valence-corrected chi connectivity index (χ2v) is 7.99. The summed E-state index contributed by atoms with van der Waals surface area (Å²) in [6, 6.07) is 11.4. The number of hydrogen-bond acceptors (Lipinski definition) is 2. The fourth-order valence-electron chi connectivity index (χ4n) is 3.44. The van der Waals surface area contributed by atoms with Crippen LogP contribution < -0.4 is 5.32 Å². The Morgan fingerprint density at radius 2 is 1.82 bits per heavy atom. The number of rotatable bonds is 2. The Labute approximate surface area is 173 Å². The molecule has 0 aliphatic carbocycles. The van der Waals surface area contributed by atoms with Crippen LogP contribution in [0.25, 0.3) is 16.9 Å². The summed E-state index contributed by atoms with van der Waals surface area (Å²) in [5.74, 6) is 0.614. The van der Waals surface area contributed by atoms with Crippen LogP contribution in [-0.4, -0.2) is 16.3 Å². The summed E-state index contributed by atoms with van der Waals surface area (Å²) in [6.07, 6.45) is -1.90. The number of alkyl halides is 3. The third kappa shape index (κ3) is 3.65. The average molecular weight is 471 g/mol. The molecule has 0 fully saturated rings. The lowest BCUT2D eigenvalue weighted by Gasteiger charge is -2.16. The molecule has 0 spiro atoms. The molecule has 2 aromatic carbocycles. The number of anilines is 1. The van der Waals surface area contributed by atoms with Gasteiger partial charge in [-0.05, 0) is 49.6 Å². The maximum Gasteiger partial charge on any atom is 0.418 e. The summed E-state index contributed by atoms with van der Waals surface area (Å²) < 4.78 is 43.3. The second-order valence-electron chi connectivity index (χ2n) is 6.64. The Kier molecular flexibility index (Phi) is 5.14. The van der Waals surface area contributed by atoms with E-state index in [1.807, 2.05) is 24.3 Å². The van der Waals surface area contributed by atoms with E-state index in [-0.39, 0.29) is 10.7 Å². The molecule has 2 heterocycles. The molecule has 3 aromatic rings. The van der Waals surface area contributed by atoms with Gasteiger partial charge in [-0.3, -0.25) is 0 Å². The van der Waals surface area contributed by atoms with Crippen molar-refractivity contribution in [3.05, 3.63) is 63.1 Å². The van der Waals surface area contributed by atoms with E-state index < -0.39 is 11.7 Å². The van der Waals surface area contributed by atoms with E-state index in [1.165, 1.54) is 16.8 Å². The Hall–Kier alpha value is -1.99. The zero-order valence-electron chi connectivity index (χ0n) is 14.7. The highest BCUT2D eigenvalue weighted by Crippen LogP contribution is 2.39. The fourth-order valence-corrected chi connectivity index (χ4v) is 3.87. The smallest absolute Gasteiger partial charge is 0.370 e. The SMILES string of the molecule is FC(F)(F)c1cc(Cl)ccc1-n1nc(-c2ccc(Br)cc2)c2c1NCCCC2.